The van der Waals surface area contributed by atoms with E-state index in [1.807, 2.05) is 80.1 Å². The summed E-state index contributed by atoms with van der Waals surface area (Å²) >= 11 is 0. The fraction of sp³-hybridized carbons (Fsp3) is 0.194. The quantitative estimate of drug-likeness (QED) is 0.216. The van der Waals surface area contributed by atoms with Crippen LogP contribution >= 0.6 is 0 Å². The van der Waals surface area contributed by atoms with Gasteiger partial charge in [-0.2, -0.15) is 5.10 Å². The first-order valence-electron chi connectivity index (χ1n) is 13.1. The number of nitrogens with two attached hydrogens (primary N) is 1. The summed E-state index contributed by atoms with van der Waals surface area (Å²) in [4.78, 5) is 17.5. The molecule has 39 heavy (non-hydrogen) atoms. The monoisotopic (exact) mass is 519 g/mol. The third-order valence-electron chi connectivity index (χ3n) is 6.57. The second-order valence-corrected chi connectivity index (χ2v) is 9.49. The Kier molecular flexibility index (Phi) is 8.26. The number of rotatable bonds is 11. The van der Waals surface area contributed by atoms with Crippen LogP contribution in [0.15, 0.2) is 104 Å². The van der Waals surface area contributed by atoms with Crippen LogP contribution in [0.3, 0.4) is 0 Å². The molecule has 0 aliphatic carbocycles. The molecule has 198 valence electrons. The molecule has 0 bridgehead atoms. The Bertz CT molecular complexity index is 1510. The molecule has 1 unspecified atom stereocenters. The van der Waals surface area contributed by atoms with Crippen molar-refractivity contribution in [3.05, 3.63) is 132 Å². The first kappa shape index (κ1) is 26.1. The van der Waals surface area contributed by atoms with E-state index >= 15 is 0 Å². The topological polar surface area (TPSA) is 103 Å². The molecule has 5 aromatic rings. The second kappa shape index (κ2) is 12.3. The number of nitrogens with zero attached hydrogens (tertiary/aromatic N) is 4. The SMILES string of the molecule is Cc1cc(C(=O)Nc2cccc(C(NCCCn3ccnc3)c3ccccc3)c2)n(-c2cccc(CN)c2)n1. The summed E-state index contributed by atoms with van der Waals surface area (Å²) in [5.41, 5.74) is 11.8. The first-order valence-corrected chi connectivity index (χ1v) is 13.1. The summed E-state index contributed by atoms with van der Waals surface area (Å²) in [6.45, 7) is 4.02. The largest absolute Gasteiger partial charge is 0.337 e. The third kappa shape index (κ3) is 6.49. The molecule has 1 amide bonds. The summed E-state index contributed by atoms with van der Waals surface area (Å²) in [7, 11) is 0. The van der Waals surface area contributed by atoms with Gasteiger partial charge in [-0.1, -0.05) is 54.6 Å². The van der Waals surface area contributed by atoms with E-state index in [-0.39, 0.29) is 11.9 Å². The van der Waals surface area contributed by atoms with Crippen molar-refractivity contribution in [1.29, 1.82) is 0 Å². The van der Waals surface area contributed by atoms with E-state index in [1.54, 1.807) is 16.9 Å². The van der Waals surface area contributed by atoms with Crippen molar-refractivity contribution in [3.63, 3.8) is 0 Å². The fourth-order valence-corrected chi connectivity index (χ4v) is 4.66. The van der Waals surface area contributed by atoms with Gasteiger partial charge in [0.15, 0.2) is 0 Å². The van der Waals surface area contributed by atoms with E-state index in [0.717, 1.165) is 53.3 Å². The van der Waals surface area contributed by atoms with Crippen LogP contribution in [-0.4, -0.2) is 31.8 Å². The summed E-state index contributed by atoms with van der Waals surface area (Å²) in [5, 5.41) is 11.3. The molecule has 0 fully saturated rings. The van der Waals surface area contributed by atoms with E-state index in [2.05, 4.69) is 43.5 Å². The number of benzene rings is 3. The minimum Gasteiger partial charge on any atom is -0.337 e. The molecule has 5 rings (SSSR count). The van der Waals surface area contributed by atoms with Crippen LogP contribution in [0.1, 0.15) is 45.3 Å². The number of carbonyl (C=O) groups excluding carboxylic acids is 1. The van der Waals surface area contributed by atoms with Gasteiger partial charge in [0.1, 0.15) is 5.69 Å². The van der Waals surface area contributed by atoms with Crippen molar-refractivity contribution in [2.45, 2.75) is 32.5 Å². The van der Waals surface area contributed by atoms with E-state index in [4.69, 9.17) is 5.73 Å². The predicted molar refractivity (Wildman–Crippen MR) is 154 cm³/mol. The minimum atomic E-state index is -0.226. The first-order chi connectivity index (χ1) is 19.1. The van der Waals surface area contributed by atoms with Crippen LogP contribution < -0.4 is 16.4 Å². The summed E-state index contributed by atoms with van der Waals surface area (Å²) < 4.78 is 3.75. The molecule has 2 aromatic heterocycles. The van der Waals surface area contributed by atoms with Gasteiger partial charge >= 0.3 is 0 Å². The standard InChI is InChI=1S/C31H33N7O/c1-23-18-29(38(36-23)28-13-5-8-24(19-28)21-32)31(39)35-27-12-6-11-26(20-27)30(25-9-3-2-4-10-25)34-14-7-16-37-17-15-33-22-37/h2-6,8-13,15,17-20,22,30,34H,7,14,16,21,32H2,1H3,(H,35,39). The van der Waals surface area contributed by atoms with Crippen LogP contribution in [0.25, 0.3) is 5.69 Å². The van der Waals surface area contributed by atoms with Crippen LogP contribution in [0, 0.1) is 6.92 Å². The number of hydrogen-bond donors (Lipinski definition) is 3. The maximum atomic E-state index is 13.4. The molecule has 8 heteroatoms. The molecule has 0 aliphatic heterocycles. The van der Waals surface area contributed by atoms with Crippen molar-refractivity contribution in [3.8, 4) is 5.69 Å². The zero-order chi connectivity index (χ0) is 27.0. The molecule has 2 heterocycles. The molecule has 0 spiro atoms. The van der Waals surface area contributed by atoms with Gasteiger partial charge in [0.05, 0.1) is 23.8 Å². The van der Waals surface area contributed by atoms with Crippen LogP contribution in [0.5, 0.6) is 0 Å². The molecule has 0 aliphatic rings. The van der Waals surface area contributed by atoms with E-state index in [0.29, 0.717) is 12.2 Å². The average molecular weight is 520 g/mol. The van der Waals surface area contributed by atoms with Crippen LogP contribution in [0.4, 0.5) is 5.69 Å². The molecular weight excluding hydrogens is 486 g/mol. The summed E-state index contributed by atoms with van der Waals surface area (Å²) in [5.74, 6) is -0.226. The maximum absolute atomic E-state index is 13.4. The lowest BCUT2D eigenvalue weighted by atomic mass is 9.98. The maximum Gasteiger partial charge on any atom is 0.274 e. The number of aromatic nitrogens is 4. The van der Waals surface area contributed by atoms with Crippen LogP contribution in [-0.2, 0) is 13.1 Å². The highest BCUT2D eigenvalue weighted by Gasteiger charge is 2.18. The Morgan fingerprint density at radius 2 is 1.79 bits per heavy atom. The van der Waals surface area contributed by atoms with Gasteiger partial charge in [-0.25, -0.2) is 9.67 Å². The molecular formula is C31H33N7O. The molecule has 1 atom stereocenters. The Balaban J connectivity index is 1.35. The Morgan fingerprint density at radius 3 is 2.59 bits per heavy atom. The van der Waals surface area contributed by atoms with Gasteiger partial charge < -0.3 is 20.9 Å². The molecule has 0 saturated carbocycles. The summed E-state index contributed by atoms with van der Waals surface area (Å²) in [6, 6.07) is 27.9. The van der Waals surface area contributed by atoms with Crippen LogP contribution in [0.2, 0.25) is 0 Å². The molecule has 0 radical (unpaired) electrons. The fourth-order valence-electron chi connectivity index (χ4n) is 4.66. The molecule has 8 nitrogen and oxygen atoms in total. The zero-order valence-corrected chi connectivity index (χ0v) is 22.0. The van der Waals surface area contributed by atoms with E-state index in [9.17, 15) is 4.79 Å². The van der Waals surface area contributed by atoms with Crippen molar-refractivity contribution < 1.29 is 4.79 Å². The van der Waals surface area contributed by atoms with Gasteiger partial charge in [0.25, 0.3) is 5.91 Å². The van der Waals surface area contributed by atoms with Gasteiger partial charge in [-0.05, 0) is 66.9 Å². The van der Waals surface area contributed by atoms with Crippen molar-refractivity contribution in [1.82, 2.24) is 24.6 Å². The lowest BCUT2D eigenvalue weighted by molar-refractivity contribution is 0.101. The van der Waals surface area contributed by atoms with Crippen molar-refractivity contribution in [2.75, 3.05) is 11.9 Å². The lowest BCUT2D eigenvalue weighted by Gasteiger charge is -2.21. The van der Waals surface area contributed by atoms with Crippen molar-refractivity contribution in [2.24, 2.45) is 5.73 Å². The minimum absolute atomic E-state index is 0.0161. The number of hydrogen-bond acceptors (Lipinski definition) is 5. The van der Waals surface area contributed by atoms with Crippen molar-refractivity contribution >= 4 is 11.6 Å². The number of imidazole rings is 1. The Hall–Kier alpha value is -4.53. The highest BCUT2D eigenvalue weighted by atomic mass is 16.2. The highest BCUT2D eigenvalue weighted by molar-refractivity contribution is 6.03. The van der Waals surface area contributed by atoms with Gasteiger partial charge in [0, 0.05) is 31.2 Å². The lowest BCUT2D eigenvalue weighted by Crippen LogP contribution is -2.24. The smallest absolute Gasteiger partial charge is 0.274 e. The van der Waals surface area contributed by atoms with Gasteiger partial charge in [-0.15, -0.1) is 0 Å². The van der Waals surface area contributed by atoms with E-state index < -0.39 is 0 Å². The Morgan fingerprint density at radius 1 is 0.974 bits per heavy atom. The zero-order valence-electron chi connectivity index (χ0n) is 22.0. The molecule has 3 aromatic carbocycles. The highest BCUT2D eigenvalue weighted by Crippen LogP contribution is 2.25. The number of carbonyl (C=O) groups is 1. The number of nitrogens with one attached hydrogen (secondary N) is 2. The average Bonchev–Trinajstić information content (AvgIpc) is 3.63. The predicted octanol–water partition coefficient (Wildman–Crippen LogP) is 4.86. The van der Waals surface area contributed by atoms with E-state index in [1.165, 1.54) is 0 Å². The number of aryl methyl sites for hydroxylation is 2. The number of amides is 1. The number of anilines is 1. The second-order valence-electron chi connectivity index (χ2n) is 9.49. The van der Waals surface area contributed by atoms with Gasteiger partial charge in [-0.3, -0.25) is 4.79 Å². The third-order valence-corrected chi connectivity index (χ3v) is 6.57. The normalized spacial score (nSPS) is 11.8. The van der Waals surface area contributed by atoms with Gasteiger partial charge in [0.2, 0.25) is 0 Å². The Labute approximate surface area is 228 Å². The molecule has 4 N–H and O–H groups in total. The summed E-state index contributed by atoms with van der Waals surface area (Å²) in [6.07, 6.45) is 6.57. The molecule has 0 saturated heterocycles.